The Bertz CT molecular complexity index is 919. The number of alkyl halides is 3. The number of sulfonamides is 1. The second kappa shape index (κ2) is 8.54. The highest BCUT2D eigenvalue weighted by atomic mass is 32.2. The van der Waals surface area contributed by atoms with Gasteiger partial charge in [0.15, 0.2) is 0 Å². The maximum absolute atomic E-state index is 12.8. The number of hydrogen-bond donors (Lipinski definition) is 0. The highest BCUT2D eigenvalue weighted by Gasteiger charge is 2.33. The number of aromatic nitrogens is 2. The van der Waals surface area contributed by atoms with Crippen molar-refractivity contribution >= 4 is 10.0 Å². The van der Waals surface area contributed by atoms with Crippen LogP contribution in [0.3, 0.4) is 0 Å². The van der Waals surface area contributed by atoms with Crippen molar-refractivity contribution in [1.29, 1.82) is 0 Å². The normalized spacial score (nSPS) is 18.4. The van der Waals surface area contributed by atoms with Crippen LogP contribution in [0.15, 0.2) is 41.6 Å². The zero-order chi connectivity index (χ0) is 21.1. The standard InChI is InChI=1S/C18H20F3N3O4S/c1-2-13-10-22-17(23-11-13)27-15-4-3-9-24(12-15)29(25,26)16-7-5-14(6-8-16)28-18(19,20)21/h5-8,10-11,15H,2-4,9,12H2,1H3. The predicted octanol–water partition coefficient (Wildman–Crippen LogP) is 3.17. The summed E-state index contributed by atoms with van der Waals surface area (Å²) in [6.07, 6.45) is 0.0701. The molecule has 1 aliphatic rings. The van der Waals surface area contributed by atoms with Gasteiger partial charge in [0, 0.05) is 18.9 Å². The van der Waals surface area contributed by atoms with Crippen LogP contribution in [0.2, 0.25) is 0 Å². The lowest BCUT2D eigenvalue weighted by Crippen LogP contribution is -2.44. The Balaban J connectivity index is 1.68. The van der Waals surface area contributed by atoms with Crippen LogP contribution in [0.4, 0.5) is 13.2 Å². The van der Waals surface area contributed by atoms with E-state index in [0.717, 1.165) is 36.2 Å². The number of piperidine rings is 1. The van der Waals surface area contributed by atoms with Crippen molar-refractivity contribution in [2.45, 2.75) is 43.5 Å². The molecule has 3 rings (SSSR count). The molecule has 0 bridgehead atoms. The highest BCUT2D eigenvalue weighted by molar-refractivity contribution is 7.89. The lowest BCUT2D eigenvalue weighted by atomic mass is 10.1. The van der Waals surface area contributed by atoms with Crippen LogP contribution in [-0.4, -0.2) is 48.2 Å². The Hall–Kier alpha value is -2.40. The molecule has 1 aromatic carbocycles. The molecule has 1 fully saturated rings. The van der Waals surface area contributed by atoms with Gasteiger partial charge in [-0.3, -0.25) is 0 Å². The van der Waals surface area contributed by atoms with Crippen LogP contribution in [0.25, 0.3) is 0 Å². The quantitative estimate of drug-likeness (QED) is 0.699. The summed E-state index contributed by atoms with van der Waals surface area (Å²) >= 11 is 0. The molecule has 2 heterocycles. The monoisotopic (exact) mass is 431 g/mol. The minimum atomic E-state index is -4.84. The van der Waals surface area contributed by atoms with E-state index in [2.05, 4.69) is 14.7 Å². The molecule has 0 saturated carbocycles. The third-order valence-corrected chi connectivity index (χ3v) is 6.28. The van der Waals surface area contributed by atoms with E-state index >= 15 is 0 Å². The van der Waals surface area contributed by atoms with Gasteiger partial charge in [0.25, 0.3) is 0 Å². The number of aryl methyl sites for hydroxylation is 1. The summed E-state index contributed by atoms with van der Waals surface area (Å²) in [6, 6.07) is 4.31. The maximum atomic E-state index is 12.8. The molecule has 0 aliphatic carbocycles. The average molecular weight is 431 g/mol. The zero-order valence-electron chi connectivity index (χ0n) is 15.6. The van der Waals surface area contributed by atoms with Crippen molar-refractivity contribution in [3.05, 3.63) is 42.2 Å². The van der Waals surface area contributed by atoms with Crippen LogP contribution in [-0.2, 0) is 16.4 Å². The number of ether oxygens (including phenoxy) is 2. The fourth-order valence-corrected chi connectivity index (χ4v) is 4.43. The molecule has 2 aromatic rings. The van der Waals surface area contributed by atoms with E-state index in [-0.39, 0.29) is 17.5 Å². The molecule has 7 nitrogen and oxygen atoms in total. The molecule has 1 aromatic heterocycles. The lowest BCUT2D eigenvalue weighted by Gasteiger charge is -2.31. The first-order valence-electron chi connectivity index (χ1n) is 9.01. The summed E-state index contributed by atoms with van der Waals surface area (Å²) in [5, 5.41) is 0. The number of rotatable bonds is 6. The topological polar surface area (TPSA) is 81.6 Å². The maximum Gasteiger partial charge on any atom is 0.573 e. The fraction of sp³-hybridized carbons (Fsp3) is 0.444. The highest BCUT2D eigenvalue weighted by Crippen LogP contribution is 2.27. The van der Waals surface area contributed by atoms with E-state index in [0.29, 0.717) is 19.4 Å². The summed E-state index contributed by atoms with van der Waals surface area (Å²) in [5.74, 6) is -0.482. The van der Waals surface area contributed by atoms with Gasteiger partial charge in [-0.05, 0) is 49.1 Å². The second-order valence-corrected chi connectivity index (χ2v) is 8.43. The first kappa shape index (κ1) is 21.3. The first-order chi connectivity index (χ1) is 13.7. The molecule has 158 valence electrons. The van der Waals surface area contributed by atoms with Crippen molar-refractivity contribution in [2.24, 2.45) is 0 Å². The minimum absolute atomic E-state index is 0.0992. The lowest BCUT2D eigenvalue weighted by molar-refractivity contribution is -0.274. The Kier molecular flexibility index (Phi) is 6.27. The molecule has 1 unspecified atom stereocenters. The van der Waals surface area contributed by atoms with Crippen LogP contribution in [0.1, 0.15) is 25.3 Å². The largest absolute Gasteiger partial charge is 0.573 e. The van der Waals surface area contributed by atoms with Crippen LogP contribution < -0.4 is 9.47 Å². The predicted molar refractivity (Wildman–Crippen MR) is 96.9 cm³/mol. The molecule has 29 heavy (non-hydrogen) atoms. The molecule has 0 N–H and O–H groups in total. The van der Waals surface area contributed by atoms with Crippen LogP contribution >= 0.6 is 0 Å². The SMILES string of the molecule is CCc1cnc(OC2CCCN(S(=O)(=O)c3ccc(OC(F)(F)F)cc3)C2)nc1. The third-order valence-electron chi connectivity index (χ3n) is 4.40. The van der Waals surface area contributed by atoms with Crippen LogP contribution in [0, 0.1) is 0 Å². The summed E-state index contributed by atoms with van der Waals surface area (Å²) in [5.41, 5.74) is 0.961. The van der Waals surface area contributed by atoms with Crippen molar-refractivity contribution in [2.75, 3.05) is 13.1 Å². The van der Waals surface area contributed by atoms with Gasteiger partial charge in [-0.25, -0.2) is 18.4 Å². The Morgan fingerprint density at radius 2 is 1.83 bits per heavy atom. The molecule has 1 atom stereocenters. The van der Waals surface area contributed by atoms with Gasteiger partial charge < -0.3 is 9.47 Å². The van der Waals surface area contributed by atoms with Crippen molar-refractivity contribution in [3.63, 3.8) is 0 Å². The Morgan fingerprint density at radius 1 is 1.17 bits per heavy atom. The van der Waals surface area contributed by atoms with Gasteiger partial charge in [-0.1, -0.05) is 6.92 Å². The fourth-order valence-electron chi connectivity index (χ4n) is 2.92. The molecule has 1 aliphatic heterocycles. The molecule has 0 amide bonds. The molecule has 1 saturated heterocycles. The summed E-state index contributed by atoms with van der Waals surface area (Å²) < 4.78 is 73.2. The van der Waals surface area contributed by atoms with E-state index in [1.165, 1.54) is 4.31 Å². The molecule has 11 heteroatoms. The molecular formula is C18H20F3N3O4S. The van der Waals surface area contributed by atoms with Crippen LogP contribution in [0.5, 0.6) is 11.8 Å². The minimum Gasteiger partial charge on any atom is -0.459 e. The Labute approximate surface area is 166 Å². The van der Waals surface area contributed by atoms with E-state index in [1.54, 1.807) is 12.4 Å². The number of benzene rings is 1. The van der Waals surface area contributed by atoms with E-state index in [1.807, 2.05) is 6.92 Å². The summed E-state index contributed by atoms with van der Waals surface area (Å²) in [7, 11) is -3.88. The smallest absolute Gasteiger partial charge is 0.459 e. The Morgan fingerprint density at radius 3 is 2.41 bits per heavy atom. The first-order valence-corrected chi connectivity index (χ1v) is 10.4. The number of nitrogens with zero attached hydrogens (tertiary/aromatic N) is 3. The van der Waals surface area contributed by atoms with Gasteiger partial charge in [-0.15, -0.1) is 13.2 Å². The van der Waals surface area contributed by atoms with E-state index in [4.69, 9.17) is 4.74 Å². The second-order valence-electron chi connectivity index (χ2n) is 6.49. The molecule has 0 spiro atoms. The average Bonchev–Trinajstić information content (AvgIpc) is 2.68. The number of hydrogen-bond acceptors (Lipinski definition) is 6. The van der Waals surface area contributed by atoms with Gasteiger partial charge in [0.2, 0.25) is 10.0 Å². The molecule has 0 radical (unpaired) electrons. The third kappa shape index (κ3) is 5.57. The molecular weight excluding hydrogens is 411 g/mol. The van der Waals surface area contributed by atoms with Gasteiger partial charge in [0.05, 0.1) is 11.4 Å². The summed E-state index contributed by atoms with van der Waals surface area (Å²) in [4.78, 5) is 8.13. The number of halogens is 3. The van der Waals surface area contributed by atoms with Gasteiger partial charge in [-0.2, -0.15) is 4.31 Å². The van der Waals surface area contributed by atoms with E-state index < -0.39 is 28.2 Å². The van der Waals surface area contributed by atoms with Gasteiger partial charge in [0.1, 0.15) is 11.9 Å². The van der Waals surface area contributed by atoms with Crippen molar-refractivity contribution in [3.8, 4) is 11.8 Å². The van der Waals surface area contributed by atoms with Crippen molar-refractivity contribution in [1.82, 2.24) is 14.3 Å². The zero-order valence-corrected chi connectivity index (χ0v) is 16.4. The van der Waals surface area contributed by atoms with E-state index in [9.17, 15) is 21.6 Å². The van der Waals surface area contributed by atoms with Gasteiger partial charge >= 0.3 is 12.4 Å². The summed E-state index contributed by atoms with van der Waals surface area (Å²) in [6.45, 7) is 2.37. The van der Waals surface area contributed by atoms with Crippen molar-refractivity contribution < 1.29 is 31.1 Å².